The lowest BCUT2D eigenvalue weighted by Gasteiger charge is -2.16. The van der Waals surface area contributed by atoms with Gasteiger partial charge in [-0.1, -0.05) is 29.0 Å². The minimum atomic E-state index is -4.08. The number of nitrogen functional groups attached to an aromatic ring is 1. The number of anilines is 1. The van der Waals surface area contributed by atoms with Crippen LogP contribution in [0, 0.1) is 6.92 Å². The third-order valence-corrected chi connectivity index (χ3v) is 6.81. The zero-order valence-corrected chi connectivity index (χ0v) is 16.9. The second kappa shape index (κ2) is 7.46. The number of nitrogens with zero attached hydrogens (tertiary/aromatic N) is 3. The van der Waals surface area contributed by atoms with Crippen molar-refractivity contribution in [1.82, 2.24) is 14.5 Å². The molecule has 154 valence electrons. The zero-order valence-electron chi connectivity index (χ0n) is 15.3. The molecule has 12 heteroatoms. The first kappa shape index (κ1) is 19.9. The maximum absolute atomic E-state index is 12.6. The molecule has 3 N–H and O–H groups in total. The highest BCUT2D eigenvalue weighted by Gasteiger charge is 2.41. The Labute approximate surface area is 169 Å². The average Bonchev–Trinajstić information content (AvgIpc) is 3.20. The van der Waals surface area contributed by atoms with Crippen LogP contribution in [0.4, 0.5) is 5.95 Å². The second-order valence-corrected chi connectivity index (χ2v) is 9.17. The molecule has 4 rings (SSSR count). The number of aryl methyl sites for hydroxylation is 1. The van der Waals surface area contributed by atoms with Crippen LogP contribution in [0.2, 0.25) is 0 Å². The number of fused-ring (bicyclic) bond motifs is 1. The van der Waals surface area contributed by atoms with Gasteiger partial charge in [0, 0.05) is 6.42 Å². The molecule has 1 aliphatic rings. The molecule has 1 unspecified atom stereocenters. The molecule has 29 heavy (non-hydrogen) atoms. The summed E-state index contributed by atoms with van der Waals surface area (Å²) >= 11 is 0.921. The molecular formula is C17H18N4O6S2. The Morgan fingerprint density at radius 3 is 2.79 bits per heavy atom. The number of nitrogens with two attached hydrogens (primary N) is 1. The van der Waals surface area contributed by atoms with E-state index in [0.29, 0.717) is 4.70 Å². The maximum Gasteiger partial charge on any atom is 0.311 e. The molecule has 0 saturated carbocycles. The van der Waals surface area contributed by atoms with Crippen LogP contribution in [0.25, 0.3) is 10.3 Å². The highest BCUT2D eigenvalue weighted by Crippen LogP contribution is 2.34. The van der Waals surface area contributed by atoms with Crippen molar-refractivity contribution >= 4 is 37.8 Å². The molecule has 2 aromatic heterocycles. The van der Waals surface area contributed by atoms with Gasteiger partial charge in [-0.25, -0.2) is 4.98 Å². The predicted octanol–water partition coefficient (Wildman–Crippen LogP) is 0.798. The molecule has 1 fully saturated rings. The van der Waals surface area contributed by atoms with Crippen LogP contribution in [0.5, 0.6) is 0 Å². The van der Waals surface area contributed by atoms with Gasteiger partial charge in [0.2, 0.25) is 5.95 Å². The van der Waals surface area contributed by atoms with Gasteiger partial charge in [0.1, 0.15) is 18.4 Å². The normalized spacial score (nSPS) is 22.3. The molecular weight excluding hydrogens is 420 g/mol. The quantitative estimate of drug-likeness (QED) is 0.552. The van der Waals surface area contributed by atoms with Gasteiger partial charge in [-0.15, -0.1) is 0 Å². The van der Waals surface area contributed by atoms with Crippen molar-refractivity contribution in [3.8, 4) is 0 Å². The second-order valence-electron chi connectivity index (χ2n) is 6.60. The Bertz CT molecular complexity index is 1200. The molecule has 3 heterocycles. The molecule has 10 nitrogen and oxygen atoms in total. The molecule has 0 bridgehead atoms. The summed E-state index contributed by atoms with van der Waals surface area (Å²) in [5.74, 6) is -0.00416. The molecule has 3 atom stereocenters. The van der Waals surface area contributed by atoms with E-state index >= 15 is 0 Å². The first-order chi connectivity index (χ1) is 13.8. The van der Waals surface area contributed by atoms with E-state index in [1.165, 1.54) is 22.9 Å². The van der Waals surface area contributed by atoms with Crippen LogP contribution in [-0.4, -0.2) is 46.9 Å². The van der Waals surface area contributed by atoms with E-state index in [-0.39, 0.29) is 27.8 Å². The van der Waals surface area contributed by atoms with Crippen LogP contribution in [0.1, 0.15) is 18.2 Å². The van der Waals surface area contributed by atoms with E-state index < -0.39 is 35.2 Å². The summed E-state index contributed by atoms with van der Waals surface area (Å²) in [5.41, 5.74) is 6.82. The van der Waals surface area contributed by atoms with Crippen molar-refractivity contribution < 1.29 is 22.4 Å². The standard InChI is InChI=1S/C17H18N4O6S2/c1-9-2-4-10(5-3-9)29(24,25)27-11-6-14(26-12(11)8-22)21-15-13(28-17(21)23)7-19-16(18)20-15/h2-5,7,11-12,14,22H,6,8H2,1H3,(H2,18,19,20)/t11?,12-,14-/m1/s1. The summed E-state index contributed by atoms with van der Waals surface area (Å²) in [7, 11) is -4.08. The Hall–Kier alpha value is -2.38. The van der Waals surface area contributed by atoms with E-state index in [1.807, 2.05) is 6.92 Å². The van der Waals surface area contributed by atoms with Crippen LogP contribution in [0.15, 0.2) is 40.2 Å². The Balaban J connectivity index is 1.63. The fourth-order valence-corrected chi connectivity index (χ4v) is 5.09. The van der Waals surface area contributed by atoms with Crippen molar-refractivity contribution in [1.29, 1.82) is 0 Å². The molecule has 1 aliphatic heterocycles. The molecule has 1 saturated heterocycles. The van der Waals surface area contributed by atoms with Gasteiger partial charge >= 0.3 is 4.87 Å². The predicted molar refractivity (Wildman–Crippen MR) is 105 cm³/mol. The number of aliphatic hydroxyl groups excluding tert-OH is 1. The third kappa shape index (κ3) is 3.76. The molecule has 1 aromatic carbocycles. The minimum absolute atomic E-state index is 0.00176. The first-order valence-electron chi connectivity index (χ1n) is 8.68. The van der Waals surface area contributed by atoms with E-state index in [0.717, 1.165) is 16.9 Å². The molecule has 0 amide bonds. The number of thiazole rings is 1. The number of rotatable bonds is 5. The lowest BCUT2D eigenvalue weighted by atomic mass is 10.2. The van der Waals surface area contributed by atoms with Crippen LogP contribution in [0.3, 0.4) is 0 Å². The van der Waals surface area contributed by atoms with Crippen molar-refractivity contribution in [3.05, 3.63) is 45.7 Å². The van der Waals surface area contributed by atoms with Gasteiger partial charge in [-0.3, -0.25) is 13.5 Å². The fourth-order valence-electron chi connectivity index (χ4n) is 3.15. The first-order valence-corrected chi connectivity index (χ1v) is 10.9. The Kier molecular flexibility index (Phi) is 5.12. The molecule has 0 aliphatic carbocycles. The van der Waals surface area contributed by atoms with Gasteiger partial charge in [-0.2, -0.15) is 13.4 Å². The summed E-state index contributed by atoms with van der Waals surface area (Å²) in [6.07, 6.45) is -1.29. The van der Waals surface area contributed by atoms with Crippen LogP contribution < -0.4 is 10.6 Å². The largest absolute Gasteiger partial charge is 0.394 e. The minimum Gasteiger partial charge on any atom is -0.394 e. The van der Waals surface area contributed by atoms with E-state index in [1.54, 1.807) is 12.1 Å². The number of hydrogen-bond acceptors (Lipinski definition) is 10. The molecule has 0 spiro atoms. The number of aromatic nitrogens is 3. The van der Waals surface area contributed by atoms with Gasteiger partial charge in [0.05, 0.1) is 22.4 Å². The number of hydrogen-bond donors (Lipinski definition) is 2. The van der Waals surface area contributed by atoms with Crippen molar-refractivity contribution in [2.45, 2.75) is 36.7 Å². The molecule has 3 aromatic rings. The van der Waals surface area contributed by atoms with Crippen molar-refractivity contribution in [2.75, 3.05) is 12.3 Å². The summed E-state index contributed by atoms with van der Waals surface area (Å²) < 4.78 is 38.1. The lowest BCUT2D eigenvalue weighted by molar-refractivity contribution is -0.0390. The van der Waals surface area contributed by atoms with Crippen molar-refractivity contribution in [2.24, 2.45) is 0 Å². The van der Waals surface area contributed by atoms with E-state index in [9.17, 15) is 18.3 Å². The Morgan fingerprint density at radius 1 is 1.38 bits per heavy atom. The fraction of sp³-hybridized carbons (Fsp3) is 0.353. The summed E-state index contributed by atoms with van der Waals surface area (Å²) in [6.45, 7) is 1.37. The topological polar surface area (TPSA) is 147 Å². The number of benzene rings is 1. The maximum atomic E-state index is 12.6. The average molecular weight is 438 g/mol. The van der Waals surface area contributed by atoms with Gasteiger partial charge in [-0.05, 0) is 19.1 Å². The summed E-state index contributed by atoms with van der Waals surface area (Å²) in [4.78, 5) is 20.0. The monoisotopic (exact) mass is 438 g/mol. The zero-order chi connectivity index (χ0) is 20.8. The Morgan fingerprint density at radius 2 is 2.10 bits per heavy atom. The van der Waals surface area contributed by atoms with Gasteiger partial charge in [0.15, 0.2) is 5.65 Å². The van der Waals surface area contributed by atoms with Crippen molar-refractivity contribution in [3.63, 3.8) is 0 Å². The lowest BCUT2D eigenvalue weighted by Crippen LogP contribution is -2.30. The summed E-state index contributed by atoms with van der Waals surface area (Å²) in [5, 5.41) is 9.65. The van der Waals surface area contributed by atoms with E-state index in [2.05, 4.69) is 9.97 Å². The third-order valence-electron chi connectivity index (χ3n) is 4.59. The molecule has 0 radical (unpaired) electrons. The van der Waals surface area contributed by atoms with Crippen LogP contribution in [-0.2, 0) is 19.0 Å². The van der Waals surface area contributed by atoms with Gasteiger partial charge in [0.25, 0.3) is 10.1 Å². The van der Waals surface area contributed by atoms with Crippen LogP contribution >= 0.6 is 11.3 Å². The highest BCUT2D eigenvalue weighted by atomic mass is 32.2. The summed E-state index contributed by atoms with van der Waals surface area (Å²) in [6, 6.07) is 6.22. The number of ether oxygens (including phenoxy) is 1. The highest BCUT2D eigenvalue weighted by molar-refractivity contribution is 7.86. The van der Waals surface area contributed by atoms with Gasteiger partial charge < -0.3 is 15.6 Å². The SMILES string of the molecule is Cc1ccc(S(=O)(=O)OC2C[C@H](n3c(=O)sc4cnc(N)nc43)O[C@@H]2CO)cc1. The van der Waals surface area contributed by atoms with E-state index in [4.69, 9.17) is 14.7 Å². The number of aliphatic hydroxyl groups is 1. The smallest absolute Gasteiger partial charge is 0.311 e.